The van der Waals surface area contributed by atoms with E-state index in [1.165, 1.54) is 0 Å². The average Bonchev–Trinajstić information content (AvgIpc) is 3.53. The summed E-state index contributed by atoms with van der Waals surface area (Å²) >= 11 is 0. The molecule has 238 valence electrons. The second-order valence-electron chi connectivity index (χ2n) is 14.2. The molecule has 3 aromatic rings. The number of aliphatic carboxylic acids is 1. The van der Waals surface area contributed by atoms with Crippen LogP contribution in [-0.2, 0) is 53.3 Å². The molecule has 2 heterocycles. The number of carboxylic acid groups (broad SMARTS) is 1. The lowest BCUT2D eigenvalue weighted by atomic mass is 10.1. The topological polar surface area (TPSA) is 94.6 Å². The normalized spacial score (nSPS) is 12.8. The van der Waals surface area contributed by atoms with Gasteiger partial charge in [-0.25, -0.2) is 9.97 Å². The SMILES string of the molecule is CC(C)(C)[Si](C)(C)OCCCn1ccnc1CN(Cc1ccc(CC(=O)O)cc1)Cc1nccn1COCC[Si](C)(C)C. The number of rotatable bonds is 18. The predicted octanol–water partition coefficient (Wildman–Crippen LogP) is 6.63. The number of aromatic nitrogens is 4. The van der Waals surface area contributed by atoms with Gasteiger partial charge in [0.15, 0.2) is 8.32 Å². The number of nitrogens with zero attached hydrogens (tertiary/aromatic N) is 5. The highest BCUT2D eigenvalue weighted by Gasteiger charge is 2.36. The molecule has 0 aliphatic heterocycles. The highest BCUT2D eigenvalue weighted by atomic mass is 28.4. The quantitative estimate of drug-likeness (QED) is 0.125. The number of carboxylic acids is 1. The summed E-state index contributed by atoms with van der Waals surface area (Å²) in [5, 5.41) is 9.35. The van der Waals surface area contributed by atoms with E-state index >= 15 is 0 Å². The zero-order valence-corrected chi connectivity index (χ0v) is 29.6. The van der Waals surface area contributed by atoms with Gasteiger partial charge in [-0.05, 0) is 41.7 Å². The summed E-state index contributed by atoms with van der Waals surface area (Å²) in [5.74, 6) is 1.12. The first-order valence-corrected chi connectivity index (χ1v) is 22.0. The van der Waals surface area contributed by atoms with E-state index in [1.54, 1.807) is 0 Å². The lowest BCUT2D eigenvalue weighted by Crippen LogP contribution is -2.41. The first-order valence-electron chi connectivity index (χ1n) is 15.4. The molecule has 2 aromatic heterocycles. The average molecular weight is 628 g/mol. The molecule has 0 atom stereocenters. The first-order chi connectivity index (χ1) is 20.1. The Morgan fingerprint density at radius 1 is 0.884 bits per heavy atom. The summed E-state index contributed by atoms with van der Waals surface area (Å²) in [5.41, 5.74) is 1.91. The van der Waals surface area contributed by atoms with Crippen molar-refractivity contribution in [2.24, 2.45) is 0 Å². The van der Waals surface area contributed by atoms with Crippen LogP contribution in [0, 0.1) is 0 Å². The van der Waals surface area contributed by atoms with Crippen LogP contribution in [0.25, 0.3) is 0 Å². The van der Waals surface area contributed by atoms with Crippen LogP contribution in [0.5, 0.6) is 0 Å². The van der Waals surface area contributed by atoms with E-state index in [9.17, 15) is 4.79 Å². The van der Waals surface area contributed by atoms with Gasteiger partial charge >= 0.3 is 5.97 Å². The number of hydrogen-bond acceptors (Lipinski definition) is 6. The molecule has 0 spiro atoms. The van der Waals surface area contributed by atoms with Crippen molar-refractivity contribution in [3.05, 3.63) is 71.8 Å². The number of aryl methyl sites for hydroxylation is 1. The largest absolute Gasteiger partial charge is 0.481 e. The lowest BCUT2D eigenvalue weighted by Gasteiger charge is -2.36. The standard InChI is InChI=1S/C32H53N5O4Si2/c1-32(2,3)43(7,8)41-19-9-16-36-17-14-33-29(36)24-35(23-28-12-10-27(11-13-28)22-31(38)39)25-30-34-15-18-37(30)26-40-20-21-42(4,5)6/h10-15,17-18H,9,16,19-26H2,1-8H3,(H,38,39). The number of ether oxygens (including phenoxy) is 1. The molecule has 1 N–H and O–H groups in total. The second kappa shape index (κ2) is 15.4. The van der Waals surface area contributed by atoms with Crippen LogP contribution in [0.2, 0.25) is 43.8 Å². The van der Waals surface area contributed by atoms with Crippen molar-refractivity contribution >= 4 is 22.4 Å². The molecular weight excluding hydrogens is 575 g/mol. The summed E-state index contributed by atoms with van der Waals surface area (Å²) in [6.07, 6.45) is 8.69. The molecule has 11 heteroatoms. The van der Waals surface area contributed by atoms with E-state index in [4.69, 9.17) is 19.3 Å². The fourth-order valence-electron chi connectivity index (χ4n) is 4.39. The van der Waals surface area contributed by atoms with Crippen molar-refractivity contribution < 1.29 is 19.1 Å². The maximum atomic E-state index is 11.1. The molecule has 0 fully saturated rings. The van der Waals surface area contributed by atoms with E-state index in [-0.39, 0.29) is 11.5 Å². The van der Waals surface area contributed by atoms with E-state index in [0.29, 0.717) is 26.4 Å². The van der Waals surface area contributed by atoms with Gasteiger partial charge in [-0.3, -0.25) is 9.69 Å². The minimum absolute atomic E-state index is 0.0235. The fraction of sp³-hybridized carbons (Fsp3) is 0.594. The maximum absolute atomic E-state index is 11.1. The van der Waals surface area contributed by atoms with Gasteiger partial charge in [0, 0.05) is 59.2 Å². The molecule has 0 saturated carbocycles. The highest BCUT2D eigenvalue weighted by molar-refractivity contribution is 6.76. The summed E-state index contributed by atoms with van der Waals surface area (Å²) in [6, 6.07) is 8.96. The van der Waals surface area contributed by atoms with Crippen LogP contribution in [-0.4, -0.2) is 64.7 Å². The molecule has 0 aliphatic rings. The van der Waals surface area contributed by atoms with Crippen LogP contribution in [0.3, 0.4) is 0 Å². The number of imidazole rings is 2. The molecular formula is C32H53N5O4Si2. The molecule has 0 aliphatic carbocycles. The van der Waals surface area contributed by atoms with Crippen LogP contribution in [0.1, 0.15) is 50.0 Å². The monoisotopic (exact) mass is 627 g/mol. The van der Waals surface area contributed by atoms with Gasteiger partial charge < -0.3 is 23.4 Å². The third-order valence-electron chi connectivity index (χ3n) is 8.16. The van der Waals surface area contributed by atoms with Crippen molar-refractivity contribution in [1.29, 1.82) is 0 Å². The van der Waals surface area contributed by atoms with Crippen molar-refractivity contribution in [1.82, 2.24) is 24.0 Å². The number of benzene rings is 1. The Balaban J connectivity index is 1.70. The Morgan fingerprint density at radius 2 is 1.47 bits per heavy atom. The third kappa shape index (κ3) is 11.8. The zero-order valence-electron chi connectivity index (χ0n) is 27.6. The minimum Gasteiger partial charge on any atom is -0.481 e. The summed E-state index contributed by atoms with van der Waals surface area (Å²) in [7, 11) is -2.92. The minimum atomic E-state index is -1.77. The molecule has 3 rings (SSSR count). The van der Waals surface area contributed by atoms with Crippen molar-refractivity contribution in [3.8, 4) is 0 Å². The van der Waals surface area contributed by atoms with Gasteiger partial charge in [0.1, 0.15) is 18.4 Å². The summed E-state index contributed by atoms with van der Waals surface area (Å²) in [4.78, 5) is 22.9. The van der Waals surface area contributed by atoms with Gasteiger partial charge in [-0.15, -0.1) is 0 Å². The van der Waals surface area contributed by atoms with Crippen molar-refractivity contribution in [3.63, 3.8) is 0 Å². The van der Waals surface area contributed by atoms with E-state index in [0.717, 1.165) is 55.0 Å². The van der Waals surface area contributed by atoms with Crippen molar-refractivity contribution in [2.45, 2.75) is 110 Å². The molecule has 0 unspecified atom stereocenters. The van der Waals surface area contributed by atoms with E-state index in [1.807, 2.05) is 49.1 Å². The van der Waals surface area contributed by atoms with Crippen molar-refractivity contribution in [2.75, 3.05) is 13.2 Å². The lowest BCUT2D eigenvalue weighted by molar-refractivity contribution is -0.136. The first kappa shape index (κ1) is 34.9. The zero-order chi connectivity index (χ0) is 31.7. The molecule has 1 aromatic carbocycles. The van der Waals surface area contributed by atoms with E-state index < -0.39 is 22.4 Å². The number of hydrogen-bond donors (Lipinski definition) is 1. The molecule has 0 saturated heterocycles. The van der Waals surface area contributed by atoms with Crippen LogP contribution < -0.4 is 0 Å². The summed E-state index contributed by atoms with van der Waals surface area (Å²) < 4.78 is 16.7. The molecule has 9 nitrogen and oxygen atoms in total. The number of carbonyl (C=O) groups is 1. The van der Waals surface area contributed by atoms with Gasteiger partial charge in [0.25, 0.3) is 0 Å². The fourth-order valence-corrected chi connectivity index (χ4v) is 6.23. The van der Waals surface area contributed by atoms with E-state index in [2.05, 4.69) is 72.5 Å². The molecule has 43 heavy (non-hydrogen) atoms. The Kier molecular flexibility index (Phi) is 12.5. The Labute approximate surface area is 260 Å². The highest BCUT2D eigenvalue weighted by Crippen LogP contribution is 2.36. The second-order valence-corrected chi connectivity index (χ2v) is 24.6. The third-order valence-corrected chi connectivity index (χ3v) is 14.4. The van der Waals surface area contributed by atoms with Gasteiger partial charge in [-0.1, -0.05) is 64.7 Å². The van der Waals surface area contributed by atoms with Crippen LogP contribution >= 0.6 is 0 Å². The summed E-state index contributed by atoms with van der Waals surface area (Å²) in [6.45, 7) is 23.3. The Hall–Kier alpha value is -2.58. The van der Waals surface area contributed by atoms with Gasteiger partial charge in [-0.2, -0.15) is 0 Å². The molecule has 0 bridgehead atoms. The Bertz CT molecular complexity index is 1280. The van der Waals surface area contributed by atoms with Gasteiger partial charge in [0.2, 0.25) is 0 Å². The molecule has 0 amide bonds. The maximum Gasteiger partial charge on any atom is 0.307 e. The molecule has 0 radical (unpaired) electrons. The smallest absolute Gasteiger partial charge is 0.307 e. The Morgan fingerprint density at radius 3 is 2.05 bits per heavy atom. The van der Waals surface area contributed by atoms with Gasteiger partial charge in [0.05, 0.1) is 19.5 Å². The van der Waals surface area contributed by atoms with Crippen LogP contribution in [0.15, 0.2) is 49.1 Å². The van der Waals surface area contributed by atoms with Crippen LogP contribution in [0.4, 0.5) is 0 Å². The predicted molar refractivity (Wildman–Crippen MR) is 177 cm³/mol.